The highest BCUT2D eigenvalue weighted by molar-refractivity contribution is 7.59. The van der Waals surface area contributed by atoms with E-state index in [-0.39, 0.29) is 13.1 Å². The topological polar surface area (TPSA) is 76.0 Å². The predicted octanol–water partition coefficient (Wildman–Crippen LogP) is -1.24. The van der Waals surface area contributed by atoms with E-state index < -0.39 is 11.5 Å². The van der Waals surface area contributed by atoms with Crippen molar-refractivity contribution in [2.75, 3.05) is 13.2 Å². The molecule has 6 nitrogen and oxygen atoms in total. The summed E-state index contributed by atoms with van der Waals surface area (Å²) in [7, 11) is 0. The van der Waals surface area contributed by atoms with E-state index in [4.69, 9.17) is 22.9 Å². The summed E-state index contributed by atoms with van der Waals surface area (Å²) in [6.07, 6.45) is 0.0304. The SMILES string of the molecule is O=C(O)CCN1CN(O)NC1[S-]. The molecule has 1 fully saturated rings. The van der Waals surface area contributed by atoms with Gasteiger partial charge in [-0.15, -0.1) is 5.17 Å². The lowest BCUT2D eigenvalue weighted by Crippen LogP contribution is -2.35. The molecule has 1 aliphatic heterocycles. The Balaban J connectivity index is 2.28. The van der Waals surface area contributed by atoms with Gasteiger partial charge in [-0.3, -0.25) is 14.9 Å². The van der Waals surface area contributed by atoms with E-state index in [9.17, 15) is 4.79 Å². The molecule has 1 saturated heterocycles. The van der Waals surface area contributed by atoms with Crippen molar-refractivity contribution < 1.29 is 15.1 Å². The lowest BCUT2D eigenvalue weighted by molar-refractivity contribution is -0.138. The Kier molecular flexibility index (Phi) is 3.29. The number of rotatable bonds is 3. The molecule has 0 radical (unpaired) electrons. The Morgan fingerprint density at radius 3 is 2.83 bits per heavy atom. The molecule has 0 aromatic heterocycles. The van der Waals surface area contributed by atoms with Gasteiger partial charge in [-0.2, -0.15) is 0 Å². The van der Waals surface area contributed by atoms with Crippen LogP contribution in [0.15, 0.2) is 0 Å². The van der Waals surface area contributed by atoms with Crippen molar-refractivity contribution >= 4 is 18.6 Å². The molecule has 1 rings (SSSR count). The van der Waals surface area contributed by atoms with Crippen LogP contribution in [0.3, 0.4) is 0 Å². The van der Waals surface area contributed by atoms with Crippen molar-refractivity contribution in [3.63, 3.8) is 0 Å². The molecule has 0 saturated carbocycles. The fourth-order valence-corrected chi connectivity index (χ4v) is 1.22. The zero-order valence-corrected chi connectivity index (χ0v) is 7.12. The maximum Gasteiger partial charge on any atom is 0.304 e. The van der Waals surface area contributed by atoms with Crippen molar-refractivity contribution in [3.05, 3.63) is 0 Å². The summed E-state index contributed by atoms with van der Waals surface area (Å²) in [5.74, 6) is -0.867. The van der Waals surface area contributed by atoms with Gasteiger partial charge in [-0.25, -0.2) is 5.43 Å². The number of nitrogens with one attached hydrogen (secondary N) is 1. The maximum atomic E-state index is 10.2. The summed E-state index contributed by atoms with van der Waals surface area (Å²) >= 11 is 4.87. The normalized spacial score (nSPS) is 26.3. The van der Waals surface area contributed by atoms with E-state index >= 15 is 0 Å². The van der Waals surface area contributed by atoms with Crippen LogP contribution in [0.1, 0.15) is 6.42 Å². The van der Waals surface area contributed by atoms with Crippen LogP contribution >= 0.6 is 0 Å². The molecule has 0 aromatic rings. The molecule has 1 atom stereocenters. The molecule has 1 aliphatic rings. The molecule has 1 unspecified atom stereocenters. The Morgan fingerprint density at radius 2 is 2.42 bits per heavy atom. The minimum absolute atomic E-state index is 0.0304. The highest BCUT2D eigenvalue weighted by atomic mass is 32.1. The van der Waals surface area contributed by atoms with Gasteiger partial charge in [0.05, 0.1) is 13.1 Å². The Morgan fingerprint density at radius 1 is 1.75 bits per heavy atom. The fraction of sp³-hybridized carbons (Fsp3) is 0.800. The number of carboxylic acid groups (broad SMARTS) is 1. The zero-order chi connectivity index (χ0) is 9.14. The summed E-state index contributed by atoms with van der Waals surface area (Å²) in [6, 6.07) is 0. The number of hydrazine groups is 1. The molecular weight excluding hydrogens is 182 g/mol. The molecule has 70 valence electrons. The second kappa shape index (κ2) is 4.06. The molecule has 1 heterocycles. The number of carboxylic acids is 1. The quantitative estimate of drug-likeness (QED) is 0.483. The average Bonchev–Trinajstić information content (AvgIpc) is 2.26. The summed E-state index contributed by atoms with van der Waals surface area (Å²) in [5.41, 5.74) is 2.11. The number of nitrogens with zero attached hydrogens (tertiary/aromatic N) is 2. The van der Waals surface area contributed by atoms with E-state index in [2.05, 4.69) is 5.43 Å². The molecule has 7 heteroatoms. The van der Waals surface area contributed by atoms with Crippen LogP contribution in [0.2, 0.25) is 0 Å². The molecule has 0 amide bonds. The Bertz CT molecular complexity index is 179. The number of carbonyl (C=O) groups is 1. The monoisotopic (exact) mass is 192 g/mol. The second-order valence-electron chi connectivity index (χ2n) is 2.48. The average molecular weight is 192 g/mol. The van der Waals surface area contributed by atoms with Gasteiger partial charge < -0.3 is 17.7 Å². The van der Waals surface area contributed by atoms with E-state index in [1.165, 1.54) is 0 Å². The first kappa shape index (κ1) is 9.75. The summed E-state index contributed by atoms with van der Waals surface area (Å²) < 4.78 is 0. The number of hydrogen-bond acceptors (Lipinski definition) is 6. The minimum Gasteiger partial charge on any atom is -0.757 e. The third kappa shape index (κ3) is 2.61. The predicted molar refractivity (Wildman–Crippen MR) is 41.7 cm³/mol. The van der Waals surface area contributed by atoms with Gasteiger partial charge in [0.1, 0.15) is 0 Å². The summed E-state index contributed by atoms with van der Waals surface area (Å²) in [4.78, 5) is 11.8. The molecule has 0 aliphatic carbocycles. The van der Waals surface area contributed by atoms with Crippen LogP contribution in [0.25, 0.3) is 0 Å². The van der Waals surface area contributed by atoms with Crippen LogP contribution in [0.5, 0.6) is 0 Å². The number of hydroxylamine groups is 1. The van der Waals surface area contributed by atoms with Gasteiger partial charge in [0.25, 0.3) is 0 Å². The summed E-state index contributed by atoms with van der Waals surface area (Å²) in [6.45, 7) is 0.578. The van der Waals surface area contributed by atoms with Crippen LogP contribution in [0, 0.1) is 0 Å². The largest absolute Gasteiger partial charge is 0.757 e. The third-order valence-electron chi connectivity index (χ3n) is 1.52. The van der Waals surface area contributed by atoms with Gasteiger partial charge >= 0.3 is 5.97 Å². The molecule has 12 heavy (non-hydrogen) atoms. The first-order chi connectivity index (χ1) is 5.59. The summed E-state index contributed by atoms with van der Waals surface area (Å²) in [5, 5.41) is 18.1. The van der Waals surface area contributed by atoms with Crippen LogP contribution in [-0.2, 0) is 17.4 Å². The first-order valence-electron chi connectivity index (χ1n) is 3.44. The molecule has 3 N–H and O–H groups in total. The van der Waals surface area contributed by atoms with E-state index in [0.717, 1.165) is 5.17 Å². The third-order valence-corrected chi connectivity index (χ3v) is 1.92. The molecule has 0 bridgehead atoms. The lowest BCUT2D eigenvalue weighted by atomic mass is 10.4. The van der Waals surface area contributed by atoms with Crippen molar-refractivity contribution in [2.45, 2.75) is 11.9 Å². The van der Waals surface area contributed by atoms with Gasteiger partial charge in [0, 0.05) is 6.54 Å². The molecule has 0 spiro atoms. The second-order valence-corrected chi connectivity index (χ2v) is 2.93. The fourth-order valence-electron chi connectivity index (χ4n) is 0.923. The minimum atomic E-state index is -0.867. The highest BCUT2D eigenvalue weighted by Gasteiger charge is 2.19. The standard InChI is InChI=1S/C5H11N3O3S/c9-4(10)1-2-7-3-8(11)6-5(7)12/h5-6,11-12H,1-3H2,(H,9,10)/p-1. The van der Waals surface area contributed by atoms with Gasteiger partial charge in [0.15, 0.2) is 0 Å². The zero-order valence-electron chi connectivity index (χ0n) is 6.30. The first-order valence-corrected chi connectivity index (χ1v) is 3.91. The smallest absolute Gasteiger partial charge is 0.304 e. The highest BCUT2D eigenvalue weighted by Crippen LogP contribution is 2.04. The van der Waals surface area contributed by atoms with Crippen LogP contribution in [-0.4, -0.2) is 45.1 Å². The van der Waals surface area contributed by atoms with Crippen molar-refractivity contribution in [1.82, 2.24) is 15.5 Å². The molecule has 0 aromatic carbocycles. The number of aliphatic carboxylic acids is 1. The maximum absolute atomic E-state index is 10.2. The number of hydrogen-bond donors (Lipinski definition) is 3. The lowest BCUT2D eigenvalue weighted by Gasteiger charge is -2.26. The van der Waals surface area contributed by atoms with Crippen molar-refractivity contribution in [1.29, 1.82) is 0 Å². The van der Waals surface area contributed by atoms with Gasteiger partial charge in [-0.05, 0) is 5.50 Å². The molecular formula is C5H10N3O3S-. The van der Waals surface area contributed by atoms with Gasteiger partial charge in [-0.1, -0.05) is 0 Å². The van der Waals surface area contributed by atoms with Crippen LogP contribution in [0.4, 0.5) is 0 Å². The Labute approximate surface area is 75.1 Å². The van der Waals surface area contributed by atoms with Crippen molar-refractivity contribution in [3.8, 4) is 0 Å². The van der Waals surface area contributed by atoms with Crippen LogP contribution < -0.4 is 5.43 Å². The van der Waals surface area contributed by atoms with E-state index in [1.807, 2.05) is 0 Å². The van der Waals surface area contributed by atoms with E-state index in [1.54, 1.807) is 4.90 Å². The van der Waals surface area contributed by atoms with Gasteiger partial charge in [0.2, 0.25) is 0 Å². The Hall–Kier alpha value is -0.340. The van der Waals surface area contributed by atoms with E-state index in [0.29, 0.717) is 6.54 Å². The van der Waals surface area contributed by atoms with Crippen molar-refractivity contribution in [2.24, 2.45) is 0 Å².